The summed E-state index contributed by atoms with van der Waals surface area (Å²) >= 11 is 0. The lowest BCUT2D eigenvalue weighted by Crippen LogP contribution is -2.39. The molecule has 1 rings (SSSR count). The Morgan fingerprint density at radius 2 is 1.71 bits per heavy atom. The van der Waals surface area contributed by atoms with E-state index in [1.807, 2.05) is 0 Å². The molecule has 1 N–H and O–H groups in total. The number of hydrogen-bond donors (Lipinski definition) is 1. The van der Waals surface area contributed by atoms with Crippen molar-refractivity contribution in [1.29, 1.82) is 0 Å². The van der Waals surface area contributed by atoms with Crippen LogP contribution in [0.15, 0.2) is 12.7 Å². The van der Waals surface area contributed by atoms with Crippen molar-refractivity contribution in [2.45, 2.75) is 91.0 Å². The van der Waals surface area contributed by atoms with Crippen molar-refractivity contribution in [3.8, 4) is 0 Å². The Hall–Kier alpha value is -0.300. The van der Waals surface area contributed by atoms with E-state index in [4.69, 9.17) is 0 Å². The maximum Gasteiger partial charge on any atom is 0.00953 e. The molecule has 1 unspecified atom stereocenters. The van der Waals surface area contributed by atoms with Gasteiger partial charge in [0.1, 0.15) is 0 Å². The minimum Gasteiger partial charge on any atom is -0.314 e. The fraction of sp³-hybridized carbons (Fsp3) is 0.900. The minimum atomic E-state index is 0.779. The predicted molar refractivity (Wildman–Crippen MR) is 95.6 cm³/mol. The van der Waals surface area contributed by atoms with Crippen molar-refractivity contribution < 1.29 is 0 Å². The van der Waals surface area contributed by atoms with Crippen LogP contribution in [0.25, 0.3) is 0 Å². The van der Waals surface area contributed by atoms with E-state index in [0.717, 1.165) is 23.8 Å². The smallest absolute Gasteiger partial charge is 0.00953 e. The maximum absolute atomic E-state index is 3.85. The van der Waals surface area contributed by atoms with E-state index in [9.17, 15) is 0 Å². The zero-order chi connectivity index (χ0) is 15.5. The quantitative estimate of drug-likeness (QED) is 0.366. The lowest BCUT2D eigenvalue weighted by Gasteiger charge is -2.36. The number of rotatable bonds is 11. The molecule has 1 saturated carbocycles. The molecule has 0 aromatic heterocycles. The van der Waals surface area contributed by atoms with Gasteiger partial charge in [-0.3, -0.25) is 0 Å². The first-order chi connectivity index (χ1) is 10.2. The third-order valence-electron chi connectivity index (χ3n) is 5.41. The Balaban J connectivity index is 2.33. The average Bonchev–Trinajstić information content (AvgIpc) is 2.50. The molecule has 1 fully saturated rings. The fourth-order valence-electron chi connectivity index (χ4n) is 3.88. The summed E-state index contributed by atoms with van der Waals surface area (Å²) in [5.74, 6) is 2.80. The summed E-state index contributed by atoms with van der Waals surface area (Å²) in [7, 11) is 0. The summed E-state index contributed by atoms with van der Waals surface area (Å²) in [6, 6.07) is 0.779. The zero-order valence-corrected chi connectivity index (χ0v) is 14.9. The molecular weight excluding hydrogens is 254 g/mol. The van der Waals surface area contributed by atoms with Crippen LogP contribution < -0.4 is 5.32 Å². The molecule has 1 aliphatic rings. The largest absolute Gasteiger partial charge is 0.314 e. The van der Waals surface area contributed by atoms with Crippen molar-refractivity contribution in [3.05, 3.63) is 12.7 Å². The van der Waals surface area contributed by atoms with Gasteiger partial charge in [0.2, 0.25) is 0 Å². The highest BCUT2D eigenvalue weighted by molar-refractivity contribution is 4.83. The number of nitrogens with one attached hydrogen (secondary N) is 1. The summed E-state index contributed by atoms with van der Waals surface area (Å²) < 4.78 is 0. The lowest BCUT2D eigenvalue weighted by molar-refractivity contribution is 0.182. The van der Waals surface area contributed by atoms with Crippen molar-refractivity contribution in [2.75, 3.05) is 6.54 Å². The molecule has 0 radical (unpaired) electrons. The summed E-state index contributed by atoms with van der Waals surface area (Å²) in [6.45, 7) is 12.1. The van der Waals surface area contributed by atoms with Crippen molar-refractivity contribution in [3.63, 3.8) is 0 Å². The van der Waals surface area contributed by atoms with E-state index < -0.39 is 0 Å². The van der Waals surface area contributed by atoms with Gasteiger partial charge in [-0.05, 0) is 75.7 Å². The minimum absolute atomic E-state index is 0.779. The topological polar surface area (TPSA) is 12.0 Å². The van der Waals surface area contributed by atoms with Gasteiger partial charge < -0.3 is 5.32 Å². The second-order valence-corrected chi connectivity index (χ2v) is 7.41. The zero-order valence-electron chi connectivity index (χ0n) is 14.9. The Bertz CT molecular complexity index is 251. The molecule has 0 aromatic carbocycles. The Kier molecular flexibility index (Phi) is 10.1. The van der Waals surface area contributed by atoms with Crippen molar-refractivity contribution in [2.24, 2.45) is 17.8 Å². The normalized spacial score (nSPS) is 24.2. The number of allylic oxidation sites excluding steroid dienone is 1. The van der Waals surface area contributed by atoms with E-state index in [1.165, 1.54) is 70.8 Å². The van der Waals surface area contributed by atoms with Crippen molar-refractivity contribution in [1.82, 2.24) is 5.32 Å². The maximum atomic E-state index is 3.85. The second kappa shape index (κ2) is 11.3. The van der Waals surface area contributed by atoms with Crippen LogP contribution in [-0.2, 0) is 0 Å². The van der Waals surface area contributed by atoms with Crippen LogP contribution in [0.4, 0.5) is 0 Å². The summed E-state index contributed by atoms with van der Waals surface area (Å²) in [4.78, 5) is 0. The van der Waals surface area contributed by atoms with E-state index in [0.29, 0.717) is 0 Å². The molecule has 0 spiro atoms. The Morgan fingerprint density at radius 1 is 1.05 bits per heavy atom. The van der Waals surface area contributed by atoms with Gasteiger partial charge in [-0.2, -0.15) is 0 Å². The SMILES string of the molecule is C=CCCCCCC(NCCC)C1CCC(C(C)C)CC1. The first-order valence-corrected chi connectivity index (χ1v) is 9.53. The summed E-state index contributed by atoms with van der Waals surface area (Å²) in [5, 5.41) is 3.85. The molecule has 1 nitrogen and oxygen atoms in total. The molecular formula is C20H39N. The van der Waals surface area contributed by atoms with Gasteiger partial charge in [-0.15, -0.1) is 6.58 Å². The first-order valence-electron chi connectivity index (χ1n) is 9.53. The van der Waals surface area contributed by atoms with E-state index in [1.54, 1.807) is 0 Å². The van der Waals surface area contributed by atoms with Crippen LogP contribution >= 0.6 is 0 Å². The molecule has 1 atom stereocenters. The standard InChI is InChI=1S/C20H39N/c1-5-7-8-9-10-11-20(21-16-6-2)19-14-12-18(13-15-19)17(3)4/h5,17-21H,1,6-16H2,2-4H3. The van der Waals surface area contributed by atoms with Crippen molar-refractivity contribution >= 4 is 0 Å². The van der Waals surface area contributed by atoms with Crippen LogP contribution in [0.2, 0.25) is 0 Å². The predicted octanol–water partition coefficient (Wildman–Crippen LogP) is 5.95. The molecule has 0 aromatic rings. The first kappa shape index (κ1) is 18.7. The molecule has 1 heteroatoms. The third-order valence-corrected chi connectivity index (χ3v) is 5.41. The van der Waals surface area contributed by atoms with Gasteiger partial charge >= 0.3 is 0 Å². The van der Waals surface area contributed by atoms with Crippen LogP contribution in [0.3, 0.4) is 0 Å². The molecule has 1 aliphatic carbocycles. The Labute approximate surface area is 134 Å². The van der Waals surface area contributed by atoms with Crippen LogP contribution in [0.1, 0.15) is 85.0 Å². The third kappa shape index (κ3) is 7.49. The molecule has 0 heterocycles. The summed E-state index contributed by atoms with van der Waals surface area (Å²) in [5.41, 5.74) is 0. The van der Waals surface area contributed by atoms with Gasteiger partial charge in [-0.25, -0.2) is 0 Å². The highest BCUT2D eigenvalue weighted by atomic mass is 14.9. The molecule has 0 amide bonds. The van der Waals surface area contributed by atoms with Gasteiger partial charge in [0.15, 0.2) is 0 Å². The monoisotopic (exact) mass is 293 g/mol. The summed E-state index contributed by atoms with van der Waals surface area (Å²) in [6.07, 6.45) is 15.8. The van der Waals surface area contributed by atoms with Crippen LogP contribution in [0, 0.1) is 17.8 Å². The highest BCUT2D eigenvalue weighted by Crippen LogP contribution is 2.35. The lowest BCUT2D eigenvalue weighted by atomic mass is 9.74. The van der Waals surface area contributed by atoms with Gasteiger partial charge in [0.05, 0.1) is 0 Å². The van der Waals surface area contributed by atoms with Gasteiger partial charge in [0, 0.05) is 6.04 Å². The molecule has 0 saturated heterocycles. The molecule has 21 heavy (non-hydrogen) atoms. The van der Waals surface area contributed by atoms with Gasteiger partial charge in [-0.1, -0.05) is 39.7 Å². The molecule has 124 valence electrons. The van der Waals surface area contributed by atoms with Crippen LogP contribution in [0.5, 0.6) is 0 Å². The average molecular weight is 294 g/mol. The fourth-order valence-corrected chi connectivity index (χ4v) is 3.88. The highest BCUT2D eigenvalue weighted by Gasteiger charge is 2.28. The second-order valence-electron chi connectivity index (χ2n) is 7.41. The number of hydrogen-bond acceptors (Lipinski definition) is 1. The van der Waals surface area contributed by atoms with E-state index >= 15 is 0 Å². The molecule has 0 aliphatic heterocycles. The molecule has 0 bridgehead atoms. The van der Waals surface area contributed by atoms with Crippen LogP contribution in [-0.4, -0.2) is 12.6 Å². The Morgan fingerprint density at radius 3 is 2.29 bits per heavy atom. The number of unbranched alkanes of at least 4 members (excludes halogenated alkanes) is 3. The van der Waals surface area contributed by atoms with E-state index in [-0.39, 0.29) is 0 Å². The van der Waals surface area contributed by atoms with E-state index in [2.05, 4.69) is 38.7 Å². The van der Waals surface area contributed by atoms with Gasteiger partial charge in [0.25, 0.3) is 0 Å².